The van der Waals surface area contributed by atoms with Crippen LogP contribution in [0.4, 0.5) is 0 Å². The summed E-state index contributed by atoms with van der Waals surface area (Å²) < 4.78 is 1.95. The minimum absolute atomic E-state index is 0.594. The molecule has 3 rings (SSSR count). The third-order valence-electron chi connectivity index (χ3n) is 4.23. The number of hydrogen-bond donors (Lipinski definition) is 1. The second-order valence-corrected chi connectivity index (χ2v) is 6.11. The highest BCUT2D eigenvalue weighted by Gasteiger charge is 2.10. The van der Waals surface area contributed by atoms with Crippen molar-refractivity contribution in [3.05, 3.63) is 53.9 Å². The molecule has 2 N–H and O–H groups in total. The third kappa shape index (κ3) is 4.58. The number of rotatable bonds is 4. The normalized spacial score (nSPS) is 16.3. The second-order valence-electron chi connectivity index (χ2n) is 6.11. The highest BCUT2D eigenvalue weighted by molar-refractivity contribution is 5.78. The number of nitrogens with two attached hydrogens (primary N) is 1. The van der Waals surface area contributed by atoms with Crippen LogP contribution in [-0.2, 0) is 13.1 Å². The molecule has 0 atom stereocenters. The van der Waals surface area contributed by atoms with Gasteiger partial charge in [-0.2, -0.15) is 5.10 Å². The van der Waals surface area contributed by atoms with Crippen LogP contribution in [0, 0.1) is 0 Å². The average Bonchev–Trinajstić information content (AvgIpc) is 2.84. The largest absolute Gasteiger partial charge is 0.370 e. The summed E-state index contributed by atoms with van der Waals surface area (Å²) >= 11 is 0. The first kappa shape index (κ1) is 15.6. The van der Waals surface area contributed by atoms with Gasteiger partial charge in [-0.25, -0.2) is 4.99 Å². The van der Waals surface area contributed by atoms with Gasteiger partial charge in [0.15, 0.2) is 5.96 Å². The van der Waals surface area contributed by atoms with Gasteiger partial charge in [0.25, 0.3) is 0 Å². The Kier molecular flexibility index (Phi) is 5.29. The molecule has 0 unspecified atom stereocenters. The lowest BCUT2D eigenvalue weighted by molar-refractivity contribution is 0.428. The molecule has 1 saturated heterocycles. The molecule has 0 bridgehead atoms. The van der Waals surface area contributed by atoms with Crippen LogP contribution >= 0.6 is 0 Å². The Morgan fingerprint density at radius 1 is 1.04 bits per heavy atom. The number of guanidine groups is 1. The van der Waals surface area contributed by atoms with Crippen LogP contribution in [-0.4, -0.2) is 33.7 Å². The third-order valence-corrected chi connectivity index (χ3v) is 4.23. The lowest BCUT2D eigenvalue weighted by Crippen LogP contribution is -2.38. The highest BCUT2D eigenvalue weighted by atomic mass is 15.3. The predicted molar refractivity (Wildman–Crippen MR) is 93.1 cm³/mol. The van der Waals surface area contributed by atoms with Gasteiger partial charge in [0.2, 0.25) is 0 Å². The van der Waals surface area contributed by atoms with Crippen molar-refractivity contribution in [2.24, 2.45) is 10.7 Å². The van der Waals surface area contributed by atoms with E-state index in [4.69, 9.17) is 5.73 Å². The molecule has 2 heterocycles. The second kappa shape index (κ2) is 7.81. The fourth-order valence-electron chi connectivity index (χ4n) is 2.92. The van der Waals surface area contributed by atoms with Crippen molar-refractivity contribution in [2.45, 2.75) is 38.8 Å². The number of benzene rings is 1. The summed E-state index contributed by atoms with van der Waals surface area (Å²) in [6, 6.07) is 10.3. The zero-order valence-corrected chi connectivity index (χ0v) is 13.6. The van der Waals surface area contributed by atoms with E-state index in [0.29, 0.717) is 12.5 Å². The monoisotopic (exact) mass is 311 g/mol. The molecule has 0 saturated carbocycles. The number of aliphatic imine (C=N–C) groups is 1. The Morgan fingerprint density at radius 2 is 1.78 bits per heavy atom. The number of nitrogens with zero attached hydrogens (tertiary/aromatic N) is 4. The molecule has 0 amide bonds. The Morgan fingerprint density at radius 3 is 2.52 bits per heavy atom. The molecule has 23 heavy (non-hydrogen) atoms. The molecule has 2 aromatic rings. The van der Waals surface area contributed by atoms with Gasteiger partial charge in [0.05, 0.1) is 19.3 Å². The fourth-order valence-corrected chi connectivity index (χ4v) is 2.92. The van der Waals surface area contributed by atoms with Crippen LogP contribution in [0.2, 0.25) is 0 Å². The Balaban J connectivity index is 1.57. The van der Waals surface area contributed by atoms with E-state index in [1.54, 1.807) is 0 Å². The van der Waals surface area contributed by atoms with Crippen LogP contribution in [0.15, 0.2) is 47.7 Å². The Labute approximate surface area is 137 Å². The lowest BCUT2D eigenvalue weighted by atomic mass is 10.2. The van der Waals surface area contributed by atoms with Gasteiger partial charge in [0, 0.05) is 24.8 Å². The molecule has 5 nitrogen and oxygen atoms in total. The van der Waals surface area contributed by atoms with Crippen LogP contribution in [0.3, 0.4) is 0 Å². The summed E-state index contributed by atoms with van der Waals surface area (Å²) in [5.74, 6) is 0.669. The number of aromatic nitrogens is 2. The summed E-state index contributed by atoms with van der Waals surface area (Å²) in [6.45, 7) is 3.44. The van der Waals surface area contributed by atoms with Crippen molar-refractivity contribution in [1.82, 2.24) is 14.7 Å². The van der Waals surface area contributed by atoms with Gasteiger partial charge in [0.1, 0.15) is 0 Å². The molecule has 1 aromatic carbocycles. The molecule has 1 aliphatic heterocycles. The van der Waals surface area contributed by atoms with Gasteiger partial charge in [-0.05, 0) is 18.4 Å². The SMILES string of the molecule is NC(=NCc1cnn(Cc2ccccc2)c1)N1CCCCCC1. The van der Waals surface area contributed by atoms with Gasteiger partial charge >= 0.3 is 0 Å². The number of hydrogen-bond acceptors (Lipinski definition) is 2. The first-order valence-corrected chi connectivity index (χ1v) is 8.41. The standard InChI is InChI=1S/C18H25N5/c19-18(22-10-6-1-2-7-11-22)20-12-17-13-21-23(15-17)14-16-8-4-3-5-9-16/h3-5,8-9,13,15H,1-2,6-7,10-12,14H2,(H2,19,20). The van der Waals surface area contributed by atoms with Gasteiger partial charge < -0.3 is 10.6 Å². The van der Waals surface area contributed by atoms with Crippen molar-refractivity contribution in [2.75, 3.05) is 13.1 Å². The molecule has 0 radical (unpaired) electrons. The molecular weight excluding hydrogens is 286 g/mol. The maximum absolute atomic E-state index is 6.14. The Hall–Kier alpha value is -2.30. The van der Waals surface area contributed by atoms with Crippen molar-refractivity contribution < 1.29 is 0 Å². The molecule has 122 valence electrons. The zero-order chi connectivity index (χ0) is 15.9. The summed E-state index contributed by atoms with van der Waals surface area (Å²) in [7, 11) is 0. The molecule has 5 heteroatoms. The highest BCUT2D eigenvalue weighted by Crippen LogP contribution is 2.10. The van der Waals surface area contributed by atoms with E-state index in [-0.39, 0.29) is 0 Å². The van der Waals surface area contributed by atoms with E-state index in [1.165, 1.54) is 31.2 Å². The Bertz CT molecular complexity index is 624. The summed E-state index contributed by atoms with van der Waals surface area (Å²) in [4.78, 5) is 6.76. The van der Waals surface area contributed by atoms with E-state index in [1.807, 2.05) is 35.3 Å². The smallest absolute Gasteiger partial charge is 0.191 e. The molecule has 1 aliphatic rings. The summed E-state index contributed by atoms with van der Waals surface area (Å²) in [6.07, 6.45) is 8.96. The minimum atomic E-state index is 0.594. The van der Waals surface area contributed by atoms with Crippen molar-refractivity contribution in [3.63, 3.8) is 0 Å². The van der Waals surface area contributed by atoms with Crippen molar-refractivity contribution in [3.8, 4) is 0 Å². The fraction of sp³-hybridized carbons (Fsp3) is 0.444. The van der Waals surface area contributed by atoms with Gasteiger partial charge in [-0.1, -0.05) is 43.2 Å². The summed E-state index contributed by atoms with van der Waals surface area (Å²) in [5.41, 5.74) is 8.49. The summed E-state index contributed by atoms with van der Waals surface area (Å²) in [5, 5.41) is 4.41. The van der Waals surface area contributed by atoms with Crippen LogP contribution in [0.1, 0.15) is 36.8 Å². The molecule has 0 aliphatic carbocycles. The van der Waals surface area contributed by atoms with E-state index < -0.39 is 0 Å². The lowest BCUT2D eigenvalue weighted by Gasteiger charge is -2.20. The maximum Gasteiger partial charge on any atom is 0.191 e. The number of likely N-dealkylation sites (tertiary alicyclic amines) is 1. The average molecular weight is 311 g/mol. The minimum Gasteiger partial charge on any atom is -0.370 e. The predicted octanol–water partition coefficient (Wildman–Crippen LogP) is 2.62. The van der Waals surface area contributed by atoms with E-state index in [0.717, 1.165) is 25.2 Å². The first-order valence-electron chi connectivity index (χ1n) is 8.41. The molecule has 1 aromatic heterocycles. The van der Waals surface area contributed by atoms with Crippen molar-refractivity contribution >= 4 is 5.96 Å². The van der Waals surface area contributed by atoms with Crippen LogP contribution < -0.4 is 5.73 Å². The van der Waals surface area contributed by atoms with E-state index in [9.17, 15) is 0 Å². The topological polar surface area (TPSA) is 59.4 Å². The zero-order valence-electron chi connectivity index (χ0n) is 13.6. The van der Waals surface area contributed by atoms with Gasteiger partial charge in [-0.15, -0.1) is 0 Å². The van der Waals surface area contributed by atoms with E-state index >= 15 is 0 Å². The van der Waals surface area contributed by atoms with Crippen LogP contribution in [0.5, 0.6) is 0 Å². The first-order chi connectivity index (χ1) is 11.3. The van der Waals surface area contributed by atoms with Crippen molar-refractivity contribution in [1.29, 1.82) is 0 Å². The van der Waals surface area contributed by atoms with Gasteiger partial charge in [-0.3, -0.25) is 4.68 Å². The quantitative estimate of drug-likeness (QED) is 0.697. The molecular formula is C18H25N5. The maximum atomic E-state index is 6.14. The van der Waals surface area contributed by atoms with E-state index in [2.05, 4.69) is 27.1 Å². The molecule has 0 spiro atoms. The molecule has 1 fully saturated rings. The van der Waals surface area contributed by atoms with Crippen LogP contribution in [0.25, 0.3) is 0 Å².